The van der Waals surface area contributed by atoms with E-state index >= 15 is 0 Å². The van der Waals surface area contributed by atoms with Gasteiger partial charge in [0, 0.05) is 55.2 Å². The minimum absolute atomic E-state index is 0.375. The lowest BCUT2D eigenvalue weighted by atomic mass is 9.88. The molecule has 0 fully saturated rings. The Kier molecular flexibility index (Phi) is 7.72. The van der Waals surface area contributed by atoms with Crippen LogP contribution >= 0.6 is 0 Å². The average Bonchev–Trinajstić information content (AvgIpc) is 4.06. The number of nitrogens with zero attached hydrogens (tertiary/aromatic N) is 5. The second kappa shape index (κ2) is 14.0. The standard InChI is InChI=1S/C61H33N5O/c1-63-57-53(36-16-4-2-5-17-36)48(35-62)58(65-49-27-12-10-22-42(49)47-34-38(30-31-50(47)65)39-24-14-26-46-43-23-11-13-29-52(43)67-60(39)46)54(37-18-6-3-7-19-37)59(57)66-51-28-15-25-44-40-20-8-9-21-41(40)45-32-33-64-61(66)56(45)55(44)51/h2-34H. The van der Waals surface area contributed by atoms with E-state index in [0.29, 0.717) is 28.2 Å². The largest absolute Gasteiger partial charge is 0.455 e. The number of rotatable bonds is 5. The summed E-state index contributed by atoms with van der Waals surface area (Å²) in [7, 11) is 0. The number of hydrogen-bond acceptors (Lipinski definition) is 3. The van der Waals surface area contributed by atoms with Crippen molar-refractivity contribution in [3.8, 4) is 50.8 Å². The van der Waals surface area contributed by atoms with Gasteiger partial charge >= 0.3 is 0 Å². The first kappa shape index (κ1) is 36.9. The Labute approximate surface area is 383 Å². The summed E-state index contributed by atoms with van der Waals surface area (Å²) in [5.41, 5.74) is 12.4. The van der Waals surface area contributed by atoms with Gasteiger partial charge in [-0.05, 0) is 74.6 Å². The van der Waals surface area contributed by atoms with Gasteiger partial charge in [0.25, 0.3) is 0 Å². The van der Waals surface area contributed by atoms with Crippen molar-refractivity contribution in [3.05, 3.63) is 217 Å². The molecule has 6 nitrogen and oxygen atoms in total. The lowest BCUT2D eigenvalue weighted by Crippen LogP contribution is -2.09. The SMILES string of the molecule is [C-]#[N+]c1c(-c2ccccc2)c(C#N)c(-n2c3ccccc3c3cc(-c4cccc5c4oc4ccccc45)ccc32)c(-c2ccccc2)c1-n1c2cccc3c4ccccc4c4ccnc1c4c32. The predicted molar refractivity (Wildman–Crippen MR) is 274 cm³/mol. The van der Waals surface area contributed by atoms with E-state index in [2.05, 4.69) is 147 Å². The molecule has 4 aromatic heterocycles. The second-order valence-electron chi connectivity index (χ2n) is 17.1. The molecule has 0 N–H and O–H groups in total. The number of fused-ring (bicyclic) bond motifs is 9. The number of hydrogen-bond donors (Lipinski definition) is 0. The number of furan rings is 1. The second-order valence-corrected chi connectivity index (χ2v) is 17.1. The average molecular weight is 852 g/mol. The van der Waals surface area contributed by atoms with Crippen molar-refractivity contribution in [3.63, 3.8) is 0 Å². The summed E-state index contributed by atoms with van der Waals surface area (Å²) in [5, 5.41) is 22.7. The highest BCUT2D eigenvalue weighted by Crippen LogP contribution is 2.53. The fourth-order valence-electron chi connectivity index (χ4n) is 11.1. The van der Waals surface area contributed by atoms with E-state index in [4.69, 9.17) is 9.40 Å². The maximum absolute atomic E-state index is 11.8. The van der Waals surface area contributed by atoms with Gasteiger partial charge < -0.3 is 13.6 Å². The Morgan fingerprint density at radius 3 is 1.85 bits per heavy atom. The Hall–Kier alpha value is -9.49. The number of aromatic nitrogens is 3. The van der Waals surface area contributed by atoms with E-state index in [1.54, 1.807) is 0 Å². The molecule has 4 heterocycles. The molecule has 67 heavy (non-hydrogen) atoms. The van der Waals surface area contributed by atoms with Crippen molar-refractivity contribution in [2.45, 2.75) is 0 Å². The van der Waals surface area contributed by atoms with Crippen LogP contribution in [0, 0.1) is 17.9 Å². The van der Waals surface area contributed by atoms with Crippen molar-refractivity contribution >= 4 is 92.9 Å². The molecule has 0 amide bonds. The first-order valence-corrected chi connectivity index (χ1v) is 22.3. The molecular formula is C61H33N5O. The molecule has 0 unspecified atom stereocenters. The van der Waals surface area contributed by atoms with E-state index in [1.807, 2.05) is 72.9 Å². The fraction of sp³-hybridized carbons (Fsp3) is 0. The summed E-state index contributed by atoms with van der Waals surface area (Å²) >= 11 is 0. The van der Waals surface area contributed by atoms with E-state index in [-0.39, 0.29) is 0 Å². The lowest BCUT2D eigenvalue weighted by molar-refractivity contribution is 0.670. The molecule has 14 aromatic rings. The first-order valence-electron chi connectivity index (χ1n) is 22.3. The minimum Gasteiger partial charge on any atom is -0.455 e. The smallest absolute Gasteiger partial charge is 0.220 e. The Morgan fingerprint density at radius 1 is 0.478 bits per heavy atom. The van der Waals surface area contributed by atoms with Crippen molar-refractivity contribution in [1.29, 1.82) is 5.26 Å². The van der Waals surface area contributed by atoms with Crippen LogP contribution in [-0.2, 0) is 0 Å². The van der Waals surface area contributed by atoms with Crippen LogP contribution in [0.4, 0.5) is 5.69 Å². The van der Waals surface area contributed by atoms with Crippen LogP contribution in [0.25, 0.3) is 137 Å². The molecule has 0 aliphatic rings. The predicted octanol–water partition coefficient (Wildman–Crippen LogP) is 16.3. The topological polar surface area (TPSA) is 64.0 Å². The van der Waals surface area contributed by atoms with Gasteiger partial charge in [0.2, 0.25) is 5.69 Å². The summed E-state index contributed by atoms with van der Waals surface area (Å²) < 4.78 is 11.0. The minimum atomic E-state index is 0.375. The quantitative estimate of drug-likeness (QED) is 0.128. The Bertz CT molecular complexity index is 4380. The summed E-state index contributed by atoms with van der Waals surface area (Å²) in [6, 6.07) is 69.5. The van der Waals surface area contributed by atoms with E-state index < -0.39 is 0 Å². The summed E-state index contributed by atoms with van der Waals surface area (Å²) in [6.45, 7) is 9.20. The highest BCUT2D eigenvalue weighted by Gasteiger charge is 2.32. The Morgan fingerprint density at radius 2 is 1.09 bits per heavy atom. The molecule has 14 rings (SSSR count). The highest BCUT2D eigenvalue weighted by molar-refractivity contribution is 6.34. The van der Waals surface area contributed by atoms with Gasteiger partial charge in [-0.25, -0.2) is 9.83 Å². The molecular weight excluding hydrogens is 819 g/mol. The van der Waals surface area contributed by atoms with Crippen molar-refractivity contribution in [2.75, 3.05) is 0 Å². The molecule has 0 saturated heterocycles. The molecule has 0 bridgehead atoms. The number of benzene rings is 10. The normalized spacial score (nSPS) is 11.9. The van der Waals surface area contributed by atoms with E-state index in [0.717, 1.165) is 115 Å². The van der Waals surface area contributed by atoms with Crippen LogP contribution in [0.5, 0.6) is 0 Å². The van der Waals surface area contributed by atoms with Gasteiger partial charge in [-0.1, -0.05) is 158 Å². The Balaban J connectivity index is 1.18. The summed E-state index contributed by atoms with van der Waals surface area (Å²) in [6.07, 6.45) is 1.88. The molecule has 0 radical (unpaired) electrons. The zero-order chi connectivity index (χ0) is 44.3. The van der Waals surface area contributed by atoms with Crippen molar-refractivity contribution in [1.82, 2.24) is 14.1 Å². The third-order valence-electron chi connectivity index (χ3n) is 13.8. The van der Waals surface area contributed by atoms with Gasteiger partial charge in [0.15, 0.2) is 0 Å². The van der Waals surface area contributed by atoms with Crippen LogP contribution in [0.2, 0.25) is 0 Å². The van der Waals surface area contributed by atoms with Crippen LogP contribution < -0.4 is 0 Å². The monoisotopic (exact) mass is 851 g/mol. The van der Waals surface area contributed by atoms with Crippen LogP contribution in [0.1, 0.15) is 5.56 Å². The van der Waals surface area contributed by atoms with Gasteiger partial charge in [0.05, 0.1) is 40.1 Å². The third kappa shape index (κ3) is 5.04. The summed E-state index contributed by atoms with van der Waals surface area (Å²) in [4.78, 5) is 9.68. The fourth-order valence-corrected chi connectivity index (χ4v) is 11.1. The zero-order valence-electron chi connectivity index (χ0n) is 35.7. The molecule has 6 heteroatoms. The molecule has 0 aliphatic heterocycles. The first-order chi connectivity index (χ1) is 33.2. The van der Waals surface area contributed by atoms with E-state index in [1.165, 1.54) is 0 Å². The molecule has 0 saturated carbocycles. The molecule has 0 aliphatic carbocycles. The number of nitriles is 1. The number of pyridine rings is 1. The molecule has 0 spiro atoms. The zero-order valence-corrected chi connectivity index (χ0v) is 35.7. The highest BCUT2D eigenvalue weighted by atomic mass is 16.3. The van der Waals surface area contributed by atoms with Crippen LogP contribution in [-0.4, -0.2) is 14.1 Å². The maximum atomic E-state index is 11.8. The van der Waals surface area contributed by atoms with Gasteiger partial charge in [-0.2, -0.15) is 5.26 Å². The third-order valence-corrected chi connectivity index (χ3v) is 13.8. The van der Waals surface area contributed by atoms with E-state index in [9.17, 15) is 11.8 Å². The van der Waals surface area contributed by atoms with Gasteiger partial charge in [-0.15, -0.1) is 0 Å². The van der Waals surface area contributed by atoms with Crippen LogP contribution in [0.15, 0.2) is 205 Å². The molecule has 308 valence electrons. The van der Waals surface area contributed by atoms with Crippen LogP contribution in [0.3, 0.4) is 0 Å². The maximum Gasteiger partial charge on any atom is 0.220 e. The number of para-hydroxylation sites is 3. The lowest BCUT2D eigenvalue weighted by Gasteiger charge is -2.25. The molecule has 10 aromatic carbocycles. The van der Waals surface area contributed by atoms with Gasteiger partial charge in [-0.3, -0.25) is 0 Å². The summed E-state index contributed by atoms with van der Waals surface area (Å²) in [5.74, 6) is 0. The van der Waals surface area contributed by atoms with Gasteiger partial charge in [0.1, 0.15) is 22.9 Å². The molecule has 0 atom stereocenters. The van der Waals surface area contributed by atoms with Crippen molar-refractivity contribution in [2.24, 2.45) is 0 Å². The van der Waals surface area contributed by atoms with Crippen molar-refractivity contribution < 1.29 is 4.42 Å².